The third-order valence-electron chi connectivity index (χ3n) is 5.86. The molecule has 0 saturated heterocycles. The van der Waals surface area contributed by atoms with Gasteiger partial charge < -0.3 is 5.73 Å². The van der Waals surface area contributed by atoms with Crippen LogP contribution in [-0.4, -0.2) is 42.1 Å². The van der Waals surface area contributed by atoms with Crippen LogP contribution >= 0.6 is 0 Å². The number of nitrogens with two attached hydrogens (primary N) is 1. The van der Waals surface area contributed by atoms with Crippen molar-refractivity contribution >= 4 is 27.7 Å². The fourth-order valence-electron chi connectivity index (χ4n) is 4.16. The van der Waals surface area contributed by atoms with Gasteiger partial charge in [0.05, 0.1) is 11.1 Å². The molecule has 9 heteroatoms. The Labute approximate surface area is 201 Å². The number of sulfone groups is 1. The van der Waals surface area contributed by atoms with Crippen LogP contribution in [0, 0.1) is 0 Å². The Kier molecular flexibility index (Phi) is 5.41. The van der Waals surface area contributed by atoms with E-state index in [0.29, 0.717) is 33.8 Å². The SMILES string of the molecule is CS(=O)(=O)c1ccccc1-c1ccc(C2N=Cc3ncn(-c4cccc(C(N)=O)c4)c3C2=O)cc1. The Balaban J connectivity index is 1.50. The molecule has 0 aliphatic carbocycles. The van der Waals surface area contributed by atoms with E-state index in [2.05, 4.69) is 9.98 Å². The van der Waals surface area contributed by atoms with Crippen molar-refractivity contribution in [3.05, 3.63) is 102 Å². The maximum atomic E-state index is 13.5. The number of primary amides is 1. The van der Waals surface area contributed by atoms with Crippen molar-refractivity contribution in [2.45, 2.75) is 10.9 Å². The standard InChI is InChI=1S/C26H20N4O4S/c1-35(33,34)22-8-3-2-7-20(22)16-9-11-17(12-10-16)23-25(31)24-21(14-28-23)29-15-30(24)19-6-4-5-18(13-19)26(27)32/h2-15,23H,1H3,(H2,27,32). The minimum atomic E-state index is -3.40. The second kappa shape index (κ2) is 8.44. The second-order valence-electron chi connectivity index (χ2n) is 8.20. The van der Waals surface area contributed by atoms with E-state index >= 15 is 0 Å². The smallest absolute Gasteiger partial charge is 0.248 e. The summed E-state index contributed by atoms with van der Waals surface area (Å²) in [4.78, 5) is 34.0. The van der Waals surface area contributed by atoms with E-state index in [1.54, 1.807) is 83.6 Å². The van der Waals surface area contributed by atoms with E-state index in [9.17, 15) is 18.0 Å². The van der Waals surface area contributed by atoms with Gasteiger partial charge in [0.25, 0.3) is 0 Å². The number of aromatic nitrogens is 2. The molecule has 0 spiro atoms. The minimum absolute atomic E-state index is 0.242. The van der Waals surface area contributed by atoms with Crippen LogP contribution in [0.4, 0.5) is 0 Å². The number of fused-ring (bicyclic) bond motifs is 1. The van der Waals surface area contributed by atoms with Crippen molar-refractivity contribution in [3.8, 4) is 16.8 Å². The van der Waals surface area contributed by atoms with Crippen LogP contribution in [0.3, 0.4) is 0 Å². The molecule has 1 amide bonds. The number of carbonyl (C=O) groups is 2. The summed E-state index contributed by atoms with van der Waals surface area (Å²) >= 11 is 0. The molecule has 1 aliphatic heterocycles. The zero-order valence-electron chi connectivity index (χ0n) is 18.6. The molecule has 0 saturated carbocycles. The molecule has 1 aromatic heterocycles. The van der Waals surface area contributed by atoms with Crippen molar-refractivity contribution in [1.29, 1.82) is 0 Å². The first-order valence-electron chi connectivity index (χ1n) is 10.7. The Hall–Kier alpha value is -4.37. The van der Waals surface area contributed by atoms with Crippen LogP contribution in [0.15, 0.2) is 89.0 Å². The number of hydrogen-bond acceptors (Lipinski definition) is 6. The van der Waals surface area contributed by atoms with Gasteiger partial charge in [-0.15, -0.1) is 0 Å². The molecule has 1 unspecified atom stereocenters. The van der Waals surface area contributed by atoms with E-state index < -0.39 is 21.8 Å². The largest absolute Gasteiger partial charge is 0.366 e. The van der Waals surface area contributed by atoms with E-state index in [4.69, 9.17) is 5.73 Å². The molecule has 1 aliphatic rings. The third kappa shape index (κ3) is 4.06. The van der Waals surface area contributed by atoms with Crippen LogP contribution in [0.25, 0.3) is 16.8 Å². The number of rotatable bonds is 5. The molecular formula is C26H20N4O4S. The zero-order chi connectivity index (χ0) is 24.7. The summed E-state index contributed by atoms with van der Waals surface area (Å²) < 4.78 is 26.0. The zero-order valence-corrected chi connectivity index (χ0v) is 19.4. The highest BCUT2D eigenvalue weighted by molar-refractivity contribution is 7.90. The lowest BCUT2D eigenvalue weighted by atomic mass is 9.95. The molecule has 8 nitrogen and oxygen atoms in total. The number of carbonyl (C=O) groups excluding carboxylic acids is 2. The van der Waals surface area contributed by atoms with Gasteiger partial charge in [-0.1, -0.05) is 48.5 Å². The van der Waals surface area contributed by atoms with Gasteiger partial charge in [0.1, 0.15) is 23.8 Å². The van der Waals surface area contributed by atoms with Crippen molar-refractivity contribution in [2.75, 3.05) is 6.26 Å². The van der Waals surface area contributed by atoms with Gasteiger partial charge in [-0.25, -0.2) is 13.4 Å². The maximum absolute atomic E-state index is 13.5. The highest BCUT2D eigenvalue weighted by Gasteiger charge is 2.31. The third-order valence-corrected chi connectivity index (χ3v) is 7.01. The first kappa shape index (κ1) is 22.4. The monoisotopic (exact) mass is 484 g/mol. The Morgan fingerprint density at radius 2 is 1.74 bits per heavy atom. The van der Waals surface area contributed by atoms with Crippen molar-refractivity contribution in [2.24, 2.45) is 10.7 Å². The highest BCUT2D eigenvalue weighted by Crippen LogP contribution is 2.32. The van der Waals surface area contributed by atoms with E-state index in [0.717, 1.165) is 5.56 Å². The van der Waals surface area contributed by atoms with Crippen LogP contribution in [0.1, 0.15) is 38.1 Å². The molecular weight excluding hydrogens is 464 g/mol. The lowest BCUT2D eigenvalue weighted by molar-refractivity contribution is 0.0952. The van der Waals surface area contributed by atoms with Gasteiger partial charge >= 0.3 is 0 Å². The van der Waals surface area contributed by atoms with Crippen LogP contribution in [0.5, 0.6) is 0 Å². The summed E-state index contributed by atoms with van der Waals surface area (Å²) in [7, 11) is -3.40. The first-order chi connectivity index (χ1) is 16.7. The molecule has 35 heavy (non-hydrogen) atoms. The quantitative estimate of drug-likeness (QED) is 0.465. The summed E-state index contributed by atoms with van der Waals surface area (Å²) in [6, 6.07) is 19.8. The number of ketones is 1. The van der Waals surface area contributed by atoms with Crippen LogP contribution < -0.4 is 5.73 Å². The lowest BCUT2D eigenvalue weighted by Gasteiger charge is -2.18. The van der Waals surface area contributed by atoms with Gasteiger partial charge in [0, 0.05) is 23.1 Å². The molecule has 2 heterocycles. The normalized spacial score (nSPS) is 15.1. The lowest BCUT2D eigenvalue weighted by Crippen LogP contribution is -2.21. The van der Waals surface area contributed by atoms with Crippen molar-refractivity contribution in [1.82, 2.24) is 9.55 Å². The Morgan fingerprint density at radius 3 is 2.46 bits per heavy atom. The van der Waals surface area contributed by atoms with Gasteiger partial charge in [-0.05, 0) is 35.4 Å². The summed E-state index contributed by atoms with van der Waals surface area (Å²) in [5.41, 5.74) is 9.08. The number of nitrogens with zero attached hydrogens (tertiary/aromatic N) is 3. The average molecular weight is 485 g/mol. The number of hydrogen-bond donors (Lipinski definition) is 1. The summed E-state index contributed by atoms with van der Waals surface area (Å²) in [6.45, 7) is 0. The number of imidazole rings is 1. The molecule has 5 rings (SSSR count). The molecule has 0 radical (unpaired) electrons. The molecule has 2 N–H and O–H groups in total. The van der Waals surface area contributed by atoms with Gasteiger partial charge in [0.2, 0.25) is 11.7 Å². The Morgan fingerprint density at radius 1 is 1.00 bits per heavy atom. The minimum Gasteiger partial charge on any atom is -0.366 e. The topological polar surface area (TPSA) is 124 Å². The molecule has 3 aromatic carbocycles. The molecule has 0 fully saturated rings. The maximum Gasteiger partial charge on any atom is 0.248 e. The molecule has 0 bridgehead atoms. The predicted molar refractivity (Wildman–Crippen MR) is 132 cm³/mol. The number of aliphatic imine (C=N–C) groups is 1. The van der Waals surface area contributed by atoms with Crippen LogP contribution in [-0.2, 0) is 9.84 Å². The van der Waals surface area contributed by atoms with E-state index in [1.807, 2.05) is 0 Å². The predicted octanol–water partition coefficient (Wildman–Crippen LogP) is 3.40. The summed E-state index contributed by atoms with van der Waals surface area (Å²) in [5, 5.41) is 0. The number of amides is 1. The van der Waals surface area contributed by atoms with Crippen molar-refractivity contribution < 1.29 is 18.0 Å². The fraction of sp³-hybridized carbons (Fsp3) is 0.0769. The summed E-state index contributed by atoms with van der Waals surface area (Å²) in [6.07, 6.45) is 4.25. The van der Waals surface area contributed by atoms with Gasteiger partial charge in [-0.3, -0.25) is 19.1 Å². The molecule has 174 valence electrons. The van der Waals surface area contributed by atoms with Crippen molar-refractivity contribution in [3.63, 3.8) is 0 Å². The Bertz CT molecular complexity index is 1620. The molecule has 1 atom stereocenters. The van der Waals surface area contributed by atoms with E-state index in [1.165, 1.54) is 12.6 Å². The fourth-order valence-corrected chi connectivity index (χ4v) is 5.07. The van der Waals surface area contributed by atoms with E-state index in [-0.39, 0.29) is 10.7 Å². The van der Waals surface area contributed by atoms with Crippen LogP contribution in [0.2, 0.25) is 0 Å². The number of benzene rings is 3. The second-order valence-corrected chi connectivity index (χ2v) is 10.2. The first-order valence-corrected chi connectivity index (χ1v) is 12.6. The molecule has 4 aromatic rings. The van der Waals surface area contributed by atoms with Gasteiger partial charge in [0.15, 0.2) is 9.84 Å². The summed E-state index contributed by atoms with van der Waals surface area (Å²) in [5.74, 6) is -0.808. The average Bonchev–Trinajstić information content (AvgIpc) is 3.29. The highest BCUT2D eigenvalue weighted by atomic mass is 32.2. The number of Topliss-reactive ketones (excluding diaryl/α,β-unsaturated/α-hetero) is 1. The van der Waals surface area contributed by atoms with Gasteiger partial charge in [-0.2, -0.15) is 0 Å².